The normalized spacial score (nSPS) is 12.8. The van der Waals surface area contributed by atoms with Gasteiger partial charge in [0.25, 0.3) is 0 Å². The van der Waals surface area contributed by atoms with Gasteiger partial charge in [-0.1, -0.05) is 0 Å². The highest BCUT2D eigenvalue weighted by Crippen LogP contribution is 2.27. The molecule has 0 aliphatic rings. The molecular weight excluding hydrogens is 231 g/mol. The summed E-state index contributed by atoms with van der Waals surface area (Å²) >= 11 is 0. The third kappa shape index (κ3) is 2.13. The quantitative estimate of drug-likeness (QED) is 0.805. The van der Waals surface area contributed by atoms with Crippen molar-refractivity contribution in [3.8, 4) is 0 Å². The van der Waals surface area contributed by atoms with E-state index in [0.29, 0.717) is 0 Å². The van der Waals surface area contributed by atoms with Crippen LogP contribution in [0.2, 0.25) is 0 Å². The van der Waals surface area contributed by atoms with Crippen molar-refractivity contribution in [1.29, 1.82) is 0 Å². The molecule has 1 aromatic rings. The molecule has 0 aliphatic heterocycles. The SMILES string of the molecule is NCC(F)(F)S(=O)(=O)c1ccc(F)cc1. The molecule has 1 aromatic carbocycles. The number of rotatable bonds is 3. The van der Waals surface area contributed by atoms with E-state index >= 15 is 0 Å². The van der Waals surface area contributed by atoms with E-state index in [4.69, 9.17) is 0 Å². The minimum atomic E-state index is -4.83. The molecule has 0 saturated carbocycles. The molecule has 2 N–H and O–H groups in total. The summed E-state index contributed by atoms with van der Waals surface area (Å²) in [5.74, 6) is -0.704. The Hall–Kier alpha value is -1.08. The van der Waals surface area contributed by atoms with Crippen molar-refractivity contribution in [2.24, 2.45) is 5.73 Å². The van der Waals surface area contributed by atoms with E-state index in [0.717, 1.165) is 24.3 Å². The zero-order valence-corrected chi connectivity index (χ0v) is 8.27. The zero-order valence-electron chi connectivity index (χ0n) is 7.45. The third-order valence-corrected chi connectivity index (χ3v) is 3.60. The molecule has 0 spiro atoms. The largest absolute Gasteiger partial charge is 0.361 e. The van der Waals surface area contributed by atoms with Crippen molar-refractivity contribution in [2.75, 3.05) is 6.54 Å². The lowest BCUT2D eigenvalue weighted by atomic mass is 10.4. The van der Waals surface area contributed by atoms with E-state index in [9.17, 15) is 21.6 Å². The standard InChI is InChI=1S/C8H8F3NO2S/c9-6-1-3-7(4-2-6)15(13,14)8(10,11)5-12/h1-4H,5,12H2. The van der Waals surface area contributed by atoms with Gasteiger partial charge >= 0.3 is 5.25 Å². The van der Waals surface area contributed by atoms with Crippen LogP contribution in [0.5, 0.6) is 0 Å². The number of hydrogen-bond donors (Lipinski definition) is 1. The molecule has 3 nitrogen and oxygen atoms in total. The second-order valence-corrected chi connectivity index (χ2v) is 4.87. The van der Waals surface area contributed by atoms with Crippen molar-refractivity contribution in [3.05, 3.63) is 30.1 Å². The van der Waals surface area contributed by atoms with Gasteiger partial charge in [0, 0.05) is 0 Å². The van der Waals surface area contributed by atoms with Gasteiger partial charge in [-0.15, -0.1) is 0 Å². The molecule has 0 aliphatic carbocycles. The fourth-order valence-corrected chi connectivity index (χ4v) is 1.95. The van der Waals surface area contributed by atoms with Crippen molar-refractivity contribution in [3.63, 3.8) is 0 Å². The van der Waals surface area contributed by atoms with Gasteiger partial charge in [0.05, 0.1) is 11.4 Å². The fraction of sp³-hybridized carbons (Fsp3) is 0.250. The lowest BCUT2D eigenvalue weighted by Crippen LogP contribution is -2.36. The first-order valence-corrected chi connectivity index (χ1v) is 5.37. The van der Waals surface area contributed by atoms with Crippen LogP contribution >= 0.6 is 0 Å². The molecule has 0 unspecified atom stereocenters. The van der Waals surface area contributed by atoms with Gasteiger partial charge in [0.15, 0.2) is 0 Å². The van der Waals surface area contributed by atoms with Gasteiger partial charge in [-0.25, -0.2) is 12.8 Å². The van der Waals surface area contributed by atoms with Crippen LogP contribution in [0.3, 0.4) is 0 Å². The number of sulfone groups is 1. The number of hydrogen-bond acceptors (Lipinski definition) is 3. The van der Waals surface area contributed by atoms with Crippen LogP contribution in [0.15, 0.2) is 29.2 Å². The van der Waals surface area contributed by atoms with Crippen LogP contribution in [-0.2, 0) is 9.84 Å². The van der Waals surface area contributed by atoms with Crippen LogP contribution in [0.4, 0.5) is 13.2 Å². The third-order valence-electron chi connectivity index (χ3n) is 1.75. The minimum Gasteiger partial charge on any atom is -0.324 e. The Morgan fingerprint density at radius 2 is 1.67 bits per heavy atom. The monoisotopic (exact) mass is 239 g/mol. The summed E-state index contributed by atoms with van der Waals surface area (Å²) < 4.78 is 60.8. The molecule has 0 radical (unpaired) electrons. The summed E-state index contributed by atoms with van der Waals surface area (Å²) in [6.07, 6.45) is 0. The van der Waals surface area contributed by atoms with Crippen molar-refractivity contribution in [1.82, 2.24) is 0 Å². The van der Waals surface area contributed by atoms with Crippen LogP contribution in [-0.4, -0.2) is 20.2 Å². The maximum Gasteiger partial charge on any atom is 0.361 e. The lowest BCUT2D eigenvalue weighted by Gasteiger charge is -2.14. The van der Waals surface area contributed by atoms with Gasteiger partial charge in [-0.2, -0.15) is 8.78 Å². The predicted molar refractivity (Wildman–Crippen MR) is 47.6 cm³/mol. The Bertz CT molecular complexity index is 441. The predicted octanol–water partition coefficient (Wildman–Crippen LogP) is 1.15. The maximum atomic E-state index is 12.9. The highest BCUT2D eigenvalue weighted by Gasteiger charge is 2.44. The van der Waals surface area contributed by atoms with Gasteiger partial charge < -0.3 is 5.73 Å². The molecule has 0 atom stereocenters. The summed E-state index contributed by atoms with van der Waals surface area (Å²) in [5.41, 5.74) is 4.66. The first kappa shape index (κ1) is 12.0. The number of alkyl halides is 2. The second-order valence-electron chi connectivity index (χ2n) is 2.80. The van der Waals surface area contributed by atoms with Crippen LogP contribution in [0, 0.1) is 5.82 Å². The minimum absolute atomic E-state index is 0.653. The number of benzene rings is 1. The topological polar surface area (TPSA) is 60.2 Å². The molecule has 0 bridgehead atoms. The van der Waals surface area contributed by atoms with Crippen LogP contribution < -0.4 is 5.73 Å². The summed E-state index contributed by atoms with van der Waals surface area (Å²) in [7, 11) is -4.83. The summed E-state index contributed by atoms with van der Waals surface area (Å²) in [4.78, 5) is -0.653. The first-order chi connectivity index (χ1) is 6.81. The molecule has 0 aromatic heterocycles. The lowest BCUT2D eigenvalue weighted by molar-refractivity contribution is 0.102. The molecule has 0 amide bonds. The van der Waals surface area contributed by atoms with Crippen LogP contribution in [0.1, 0.15) is 0 Å². The van der Waals surface area contributed by atoms with E-state index in [1.807, 2.05) is 0 Å². The average Bonchev–Trinajstić information content (AvgIpc) is 2.18. The highest BCUT2D eigenvalue weighted by atomic mass is 32.2. The van der Waals surface area contributed by atoms with Crippen LogP contribution in [0.25, 0.3) is 0 Å². The zero-order chi connectivity index (χ0) is 11.7. The molecule has 84 valence electrons. The van der Waals surface area contributed by atoms with Crippen molar-refractivity contribution >= 4 is 9.84 Å². The number of halogens is 3. The van der Waals surface area contributed by atoms with Gasteiger partial charge in [-0.3, -0.25) is 0 Å². The maximum absolute atomic E-state index is 12.9. The van der Waals surface area contributed by atoms with Gasteiger partial charge in [0.2, 0.25) is 9.84 Å². The molecule has 0 saturated heterocycles. The second kappa shape index (κ2) is 3.82. The van der Waals surface area contributed by atoms with Crippen molar-refractivity contribution < 1.29 is 21.6 Å². The van der Waals surface area contributed by atoms with Gasteiger partial charge in [0.1, 0.15) is 5.82 Å². The summed E-state index contributed by atoms with van der Waals surface area (Å²) in [6.45, 7) is -1.31. The first-order valence-electron chi connectivity index (χ1n) is 3.89. The van der Waals surface area contributed by atoms with E-state index < -0.39 is 32.3 Å². The molecule has 0 fully saturated rings. The Morgan fingerprint density at radius 3 is 2.07 bits per heavy atom. The smallest absolute Gasteiger partial charge is 0.324 e. The van der Waals surface area contributed by atoms with E-state index in [-0.39, 0.29) is 0 Å². The Morgan fingerprint density at radius 1 is 1.20 bits per heavy atom. The van der Waals surface area contributed by atoms with E-state index in [1.165, 1.54) is 0 Å². The van der Waals surface area contributed by atoms with E-state index in [1.54, 1.807) is 0 Å². The average molecular weight is 239 g/mol. The molecule has 7 heteroatoms. The van der Waals surface area contributed by atoms with E-state index in [2.05, 4.69) is 5.73 Å². The van der Waals surface area contributed by atoms with Crippen molar-refractivity contribution in [2.45, 2.75) is 10.2 Å². The Labute approximate surface area is 84.6 Å². The highest BCUT2D eigenvalue weighted by molar-refractivity contribution is 7.92. The Balaban J connectivity index is 3.24. The summed E-state index contributed by atoms with van der Waals surface area (Å²) in [5, 5.41) is -4.04. The Kier molecular flexibility index (Phi) is 3.05. The molecule has 0 heterocycles. The number of nitrogens with two attached hydrogens (primary N) is 1. The summed E-state index contributed by atoms with van der Waals surface area (Å²) in [6, 6.07) is 3.13. The molecule has 1 rings (SSSR count). The fourth-order valence-electron chi connectivity index (χ4n) is 0.896. The molecule has 15 heavy (non-hydrogen) atoms. The molecular formula is C8H8F3NO2S. The van der Waals surface area contributed by atoms with Gasteiger partial charge in [-0.05, 0) is 24.3 Å².